The molecule has 1 rings (SSSR count). The standard InChI is InChI=1S/C3H6N2O.Ag.ClH/c6-3-1-2-4-5-3;;/h4H,1-2H2,(H,5,6);;1H/q;+1;/p-1. The average Bonchev–Trinajstić information content (AvgIpc) is 2.24. The van der Waals surface area contributed by atoms with Gasteiger partial charge in [-0.25, -0.2) is 5.43 Å². The van der Waals surface area contributed by atoms with Gasteiger partial charge in [-0.15, -0.1) is 0 Å². The van der Waals surface area contributed by atoms with Gasteiger partial charge < -0.3 is 0 Å². The predicted molar refractivity (Wildman–Crippen MR) is 26.6 cm³/mol. The average molecular weight is 229 g/mol. The van der Waals surface area contributed by atoms with Gasteiger partial charge in [0.1, 0.15) is 0 Å². The molecule has 0 aliphatic carbocycles. The molecule has 1 fully saturated rings. The van der Waals surface area contributed by atoms with E-state index < -0.39 is 0 Å². The molecule has 8 heavy (non-hydrogen) atoms. The van der Waals surface area contributed by atoms with E-state index in [0.29, 0.717) is 6.42 Å². The molecule has 1 amide bonds. The van der Waals surface area contributed by atoms with Gasteiger partial charge in [-0.3, -0.25) is 10.2 Å². The molecule has 0 saturated carbocycles. The molecule has 3 nitrogen and oxygen atoms in total. The first kappa shape index (κ1) is 8.46. The van der Waals surface area contributed by atoms with E-state index in [1.165, 1.54) is 0 Å². The van der Waals surface area contributed by atoms with E-state index in [1.54, 1.807) is 0 Å². The molecule has 52 valence electrons. The summed E-state index contributed by atoms with van der Waals surface area (Å²) in [6, 6.07) is 0. The topological polar surface area (TPSA) is 41.1 Å². The number of hydrazine groups is 1. The fourth-order valence-electron chi connectivity index (χ4n) is 0.400. The third-order valence-electron chi connectivity index (χ3n) is 0.705. The van der Waals surface area contributed by atoms with Crippen LogP contribution in [0.5, 0.6) is 0 Å². The van der Waals surface area contributed by atoms with Gasteiger partial charge in [0.05, 0.1) is 0 Å². The number of rotatable bonds is 0. The van der Waals surface area contributed by atoms with Crippen LogP contribution in [-0.4, -0.2) is 12.5 Å². The Kier molecular flexibility index (Phi) is 5.92. The van der Waals surface area contributed by atoms with Crippen molar-refractivity contribution in [2.75, 3.05) is 6.54 Å². The van der Waals surface area contributed by atoms with E-state index in [2.05, 4.69) is 40.0 Å². The molecular weight excluding hydrogens is 223 g/mol. The minimum atomic E-state index is 0.0926. The fraction of sp³-hybridized carbons (Fsp3) is 0.667. The zero-order valence-corrected chi connectivity index (χ0v) is 6.24. The zero-order chi connectivity index (χ0) is 6.41. The number of carbonyl (C=O) groups is 1. The van der Waals surface area contributed by atoms with Crippen LogP contribution in [-0.2, 0) is 24.8 Å². The van der Waals surface area contributed by atoms with Crippen molar-refractivity contribution in [2.24, 2.45) is 0 Å². The third-order valence-corrected chi connectivity index (χ3v) is 0.705. The molecule has 1 aliphatic heterocycles. The summed E-state index contributed by atoms with van der Waals surface area (Å²) in [4.78, 5) is 10.1. The summed E-state index contributed by atoms with van der Waals surface area (Å²) in [5, 5.41) is 0. The molecule has 2 N–H and O–H groups in total. The Bertz CT molecular complexity index is 71.7. The maximum absolute atomic E-state index is 10.1. The molecule has 0 aromatic carbocycles. The van der Waals surface area contributed by atoms with Crippen LogP contribution in [0.4, 0.5) is 0 Å². The molecule has 0 aromatic heterocycles. The van der Waals surface area contributed by atoms with Crippen LogP contribution < -0.4 is 10.9 Å². The first-order valence-electron chi connectivity index (χ1n) is 2.03. The number of carbonyl (C=O) groups excluding carboxylic acids is 1. The molecule has 1 heterocycles. The molecule has 0 spiro atoms. The van der Waals surface area contributed by atoms with Crippen LogP contribution in [0.25, 0.3) is 0 Å². The van der Waals surface area contributed by atoms with Crippen LogP contribution in [0.3, 0.4) is 0 Å². The fourth-order valence-corrected chi connectivity index (χ4v) is 0.400. The molecule has 5 heteroatoms. The SMILES string of the molecule is O=C1CCNN1.[Cl][Ag]. The van der Waals surface area contributed by atoms with E-state index in [1.807, 2.05) is 0 Å². The normalized spacial score (nSPS) is 16.6. The van der Waals surface area contributed by atoms with Crippen molar-refractivity contribution in [3.05, 3.63) is 0 Å². The van der Waals surface area contributed by atoms with Crippen molar-refractivity contribution >= 4 is 15.1 Å². The zero-order valence-electron chi connectivity index (χ0n) is 4.00. The predicted octanol–water partition coefficient (Wildman–Crippen LogP) is -0.302. The second kappa shape index (κ2) is 5.59. The summed E-state index contributed by atoms with van der Waals surface area (Å²) < 4.78 is 0. The third kappa shape index (κ3) is 3.46. The van der Waals surface area contributed by atoms with Gasteiger partial charge >= 0.3 is 29.2 Å². The molecule has 1 saturated heterocycles. The summed E-state index contributed by atoms with van der Waals surface area (Å²) in [6.45, 7) is 0.777. The van der Waals surface area contributed by atoms with Crippen molar-refractivity contribution in [1.29, 1.82) is 0 Å². The first-order valence-corrected chi connectivity index (χ1v) is 3.93. The number of hydrogen-bond donors (Lipinski definition) is 2. The van der Waals surface area contributed by atoms with Crippen molar-refractivity contribution in [1.82, 2.24) is 10.9 Å². The van der Waals surface area contributed by atoms with Crippen LogP contribution in [0.15, 0.2) is 0 Å². The molecular formula is C3H6AgClN2O. The van der Waals surface area contributed by atoms with Crippen molar-refractivity contribution in [3.8, 4) is 0 Å². The van der Waals surface area contributed by atoms with Crippen molar-refractivity contribution in [2.45, 2.75) is 6.42 Å². The van der Waals surface area contributed by atoms with Gasteiger partial charge in [0, 0.05) is 13.0 Å². The molecule has 0 atom stereocenters. The number of nitrogens with one attached hydrogen (secondary N) is 2. The Morgan fingerprint density at radius 2 is 2.25 bits per heavy atom. The Morgan fingerprint density at radius 1 is 1.62 bits per heavy atom. The van der Waals surface area contributed by atoms with E-state index in [0.717, 1.165) is 6.54 Å². The van der Waals surface area contributed by atoms with Gasteiger partial charge in [0.15, 0.2) is 0 Å². The van der Waals surface area contributed by atoms with E-state index in [-0.39, 0.29) is 5.91 Å². The maximum atomic E-state index is 10.1. The van der Waals surface area contributed by atoms with Gasteiger partial charge in [0.25, 0.3) is 0 Å². The van der Waals surface area contributed by atoms with E-state index >= 15 is 0 Å². The van der Waals surface area contributed by atoms with Gasteiger partial charge in [-0.2, -0.15) is 0 Å². The van der Waals surface area contributed by atoms with Gasteiger partial charge in [0.2, 0.25) is 5.91 Å². The van der Waals surface area contributed by atoms with E-state index in [9.17, 15) is 4.79 Å². The van der Waals surface area contributed by atoms with Crippen LogP contribution in [0.1, 0.15) is 6.42 Å². The molecule has 0 bridgehead atoms. The summed E-state index contributed by atoms with van der Waals surface area (Å²) >= 11 is 2.42. The van der Waals surface area contributed by atoms with E-state index in [4.69, 9.17) is 0 Å². The van der Waals surface area contributed by atoms with Crippen LogP contribution >= 0.6 is 9.19 Å². The second-order valence-corrected chi connectivity index (χ2v) is 1.22. The molecule has 0 radical (unpaired) electrons. The van der Waals surface area contributed by atoms with Gasteiger partial charge in [-0.05, 0) is 0 Å². The molecule has 1 aliphatic rings. The number of hydrogen-bond acceptors (Lipinski definition) is 2. The second-order valence-electron chi connectivity index (χ2n) is 1.22. The van der Waals surface area contributed by atoms with Crippen molar-refractivity contribution < 1.29 is 24.8 Å². The van der Waals surface area contributed by atoms with Gasteiger partial charge in [-0.1, -0.05) is 0 Å². The van der Waals surface area contributed by atoms with Crippen LogP contribution in [0.2, 0.25) is 0 Å². The Labute approximate surface area is 63.9 Å². The summed E-state index contributed by atoms with van der Waals surface area (Å²) in [6.07, 6.45) is 0.625. The van der Waals surface area contributed by atoms with Crippen molar-refractivity contribution in [3.63, 3.8) is 0 Å². The molecule has 0 unspecified atom stereocenters. The Balaban J connectivity index is 0.000000222. The summed E-state index contributed by atoms with van der Waals surface area (Å²) in [5.74, 6) is 0.0926. The number of amides is 1. The number of halogens is 1. The Morgan fingerprint density at radius 3 is 2.38 bits per heavy atom. The molecule has 0 aromatic rings. The quantitative estimate of drug-likeness (QED) is 0.560. The summed E-state index contributed by atoms with van der Waals surface area (Å²) in [5.41, 5.74) is 5.10. The minimum absolute atomic E-state index is 0.0926. The monoisotopic (exact) mass is 228 g/mol. The first-order chi connectivity index (χ1) is 3.89. The summed E-state index contributed by atoms with van der Waals surface area (Å²) in [7, 11) is 4.45. The van der Waals surface area contributed by atoms with Crippen LogP contribution in [0, 0.1) is 0 Å². The Hall–Kier alpha value is 0.460.